The number of hydrogen-bond donors (Lipinski definition) is 2. The number of nitrogens with two attached hydrogens (primary N) is 1. The molecule has 1 saturated heterocycles. The van der Waals surface area contributed by atoms with Crippen molar-refractivity contribution in [2.24, 2.45) is 0 Å². The van der Waals surface area contributed by atoms with E-state index in [1.165, 1.54) is 0 Å². The predicted octanol–water partition coefficient (Wildman–Crippen LogP) is 2.13. The monoisotopic (exact) mass is 400 g/mol. The third-order valence-corrected chi connectivity index (χ3v) is 6.54. The molecule has 1 fully saturated rings. The van der Waals surface area contributed by atoms with Crippen molar-refractivity contribution in [1.82, 2.24) is 14.5 Å². The van der Waals surface area contributed by atoms with E-state index in [2.05, 4.69) is 45.5 Å². The number of pyridine rings is 1. The molecule has 3 heterocycles. The maximum Gasteiger partial charge on any atom is 0.164 e. The molecule has 2 aromatic heterocycles. The molecule has 4 atom stereocenters. The van der Waals surface area contributed by atoms with E-state index >= 15 is 0 Å². The first-order chi connectivity index (χ1) is 10.8. The fourth-order valence-electron chi connectivity index (χ4n) is 2.78. The fourth-order valence-corrected chi connectivity index (χ4v) is 4.46. The van der Waals surface area contributed by atoms with Crippen molar-refractivity contribution in [3.63, 3.8) is 0 Å². The molecule has 0 amide bonds. The molecule has 0 aromatic carbocycles. The van der Waals surface area contributed by atoms with Crippen LogP contribution in [0.15, 0.2) is 18.6 Å². The molecule has 8 heteroatoms. The summed E-state index contributed by atoms with van der Waals surface area (Å²) < 4.78 is 7.94. The van der Waals surface area contributed by atoms with E-state index in [-0.39, 0.29) is 17.2 Å². The van der Waals surface area contributed by atoms with Crippen LogP contribution in [-0.2, 0) is 4.74 Å². The van der Waals surface area contributed by atoms with Gasteiger partial charge in [0, 0.05) is 6.20 Å². The third-order valence-electron chi connectivity index (χ3n) is 4.08. The Morgan fingerprint density at radius 2 is 2.22 bits per heavy atom. The lowest BCUT2D eigenvalue weighted by molar-refractivity contribution is -0.0174. The number of nitrogens with zero attached hydrogens (tertiary/aromatic N) is 3. The predicted molar refractivity (Wildman–Crippen MR) is 99.9 cm³/mol. The van der Waals surface area contributed by atoms with Crippen molar-refractivity contribution in [3.8, 4) is 0 Å². The van der Waals surface area contributed by atoms with E-state index in [0.29, 0.717) is 16.9 Å². The van der Waals surface area contributed by atoms with Gasteiger partial charge in [-0.2, -0.15) is 0 Å². The highest BCUT2D eigenvalue weighted by Crippen LogP contribution is 2.41. The number of alkyl halides is 1. The molecule has 126 valence electrons. The fraction of sp³-hybridized carbons (Fsp3) is 0.533. The second kappa shape index (κ2) is 6.20. The van der Waals surface area contributed by atoms with Gasteiger partial charge >= 0.3 is 0 Å². The maximum absolute atomic E-state index is 10.5. The molecular formula is C15H22BrN4O2P. The summed E-state index contributed by atoms with van der Waals surface area (Å²) in [5.41, 5.74) is 7.83. The summed E-state index contributed by atoms with van der Waals surface area (Å²) in [5, 5.41) is 10.5. The first-order valence-corrected chi connectivity index (χ1v) is 11.5. The van der Waals surface area contributed by atoms with Crippen LogP contribution < -0.4 is 5.73 Å². The first kappa shape index (κ1) is 17.0. The molecule has 3 N–H and O–H groups in total. The number of anilines is 1. The number of halogens is 1. The molecule has 1 aliphatic heterocycles. The Morgan fingerprint density at radius 3 is 2.91 bits per heavy atom. The highest BCUT2D eigenvalue weighted by Gasteiger charge is 2.43. The standard InChI is InChI=1S/C15H22BrN4O2P/c1-23(2,3)7-5-10-13(21)11(16)15(22-10)20-8-19-12-9(17)4-6-18-14(12)20/h4,6,8,10-11,13,15,21H,1,5,7H2,2-3H3,(H2,17,18)/t10?,11-,13-,15-/m1/s1. The minimum absolute atomic E-state index is 0.219. The molecule has 3 rings (SSSR count). The minimum Gasteiger partial charge on any atom is -0.397 e. The molecule has 1 aliphatic rings. The molecular weight excluding hydrogens is 379 g/mol. The summed E-state index contributed by atoms with van der Waals surface area (Å²) >= 11 is 3.57. The van der Waals surface area contributed by atoms with Crippen LogP contribution in [0.25, 0.3) is 11.2 Å². The highest BCUT2D eigenvalue weighted by atomic mass is 79.9. The Morgan fingerprint density at radius 1 is 1.48 bits per heavy atom. The van der Waals surface area contributed by atoms with Gasteiger partial charge in [-0.1, -0.05) is 15.9 Å². The van der Waals surface area contributed by atoms with Gasteiger partial charge in [-0.05, 0) is 32.0 Å². The Labute approximate surface area is 144 Å². The van der Waals surface area contributed by atoms with Crippen LogP contribution in [0.4, 0.5) is 5.69 Å². The molecule has 0 radical (unpaired) electrons. The Balaban J connectivity index is 1.85. The van der Waals surface area contributed by atoms with Gasteiger partial charge in [-0.25, -0.2) is 9.97 Å². The zero-order valence-electron chi connectivity index (χ0n) is 13.3. The van der Waals surface area contributed by atoms with E-state index < -0.39 is 13.0 Å². The summed E-state index contributed by atoms with van der Waals surface area (Å²) in [6.45, 7) is 3.23. The largest absolute Gasteiger partial charge is 0.397 e. The van der Waals surface area contributed by atoms with Crippen molar-refractivity contribution in [3.05, 3.63) is 18.6 Å². The smallest absolute Gasteiger partial charge is 0.164 e. The van der Waals surface area contributed by atoms with Crippen LogP contribution in [0.2, 0.25) is 0 Å². The van der Waals surface area contributed by atoms with Gasteiger partial charge in [-0.3, -0.25) is 4.57 Å². The molecule has 23 heavy (non-hydrogen) atoms. The van der Waals surface area contributed by atoms with Crippen LogP contribution in [0.5, 0.6) is 0 Å². The topological polar surface area (TPSA) is 86.2 Å². The van der Waals surface area contributed by atoms with Crippen molar-refractivity contribution < 1.29 is 9.84 Å². The Kier molecular flexibility index (Phi) is 4.58. The summed E-state index contributed by atoms with van der Waals surface area (Å²) in [6, 6.07) is 1.72. The quantitative estimate of drug-likeness (QED) is 0.606. The van der Waals surface area contributed by atoms with E-state index in [4.69, 9.17) is 10.5 Å². The zero-order valence-corrected chi connectivity index (χ0v) is 15.7. The van der Waals surface area contributed by atoms with E-state index in [1.807, 2.05) is 4.57 Å². The van der Waals surface area contributed by atoms with E-state index in [0.717, 1.165) is 12.6 Å². The Hall–Kier alpha value is -0.880. The second-order valence-corrected chi connectivity index (χ2v) is 12.0. The molecule has 0 aliphatic carbocycles. The minimum atomic E-state index is -1.14. The highest BCUT2D eigenvalue weighted by molar-refractivity contribution is 9.09. The lowest BCUT2D eigenvalue weighted by Crippen LogP contribution is -2.28. The van der Waals surface area contributed by atoms with Gasteiger partial charge in [0.25, 0.3) is 0 Å². The summed E-state index contributed by atoms with van der Waals surface area (Å²) in [6.07, 6.45) is 8.16. The van der Waals surface area contributed by atoms with Crippen molar-refractivity contribution in [2.45, 2.75) is 29.7 Å². The lowest BCUT2D eigenvalue weighted by atomic mass is 10.1. The van der Waals surface area contributed by atoms with Gasteiger partial charge in [0.2, 0.25) is 0 Å². The van der Waals surface area contributed by atoms with Gasteiger partial charge in [-0.15, -0.1) is 13.2 Å². The van der Waals surface area contributed by atoms with Crippen LogP contribution in [0.1, 0.15) is 12.6 Å². The second-order valence-electron chi connectivity index (χ2n) is 6.67. The first-order valence-electron chi connectivity index (χ1n) is 7.50. The molecule has 6 nitrogen and oxygen atoms in total. The zero-order chi connectivity index (χ0) is 16.8. The normalized spacial score (nSPS) is 28.5. The van der Waals surface area contributed by atoms with Crippen molar-refractivity contribution >= 4 is 46.0 Å². The summed E-state index contributed by atoms with van der Waals surface area (Å²) in [4.78, 5) is 8.45. The molecule has 0 bridgehead atoms. The number of nitrogen functional groups attached to an aromatic ring is 1. The SMILES string of the molecule is C=P(C)(C)CCC1O[C@@H](n2cnc3c(N)ccnc32)[C@H](Br)[C@@H]1O. The van der Waals surface area contributed by atoms with Crippen LogP contribution in [0.3, 0.4) is 0 Å². The average molecular weight is 401 g/mol. The number of rotatable bonds is 4. The van der Waals surface area contributed by atoms with E-state index in [1.54, 1.807) is 18.6 Å². The van der Waals surface area contributed by atoms with Gasteiger partial charge < -0.3 is 15.6 Å². The van der Waals surface area contributed by atoms with Crippen molar-refractivity contribution in [2.75, 3.05) is 25.2 Å². The number of ether oxygens (including phenoxy) is 1. The number of aliphatic hydroxyl groups is 1. The number of aromatic nitrogens is 3. The lowest BCUT2D eigenvalue weighted by Gasteiger charge is -2.18. The molecule has 2 aromatic rings. The number of hydrogen-bond acceptors (Lipinski definition) is 5. The van der Waals surface area contributed by atoms with Gasteiger partial charge in [0.15, 0.2) is 11.9 Å². The van der Waals surface area contributed by atoms with Gasteiger partial charge in [0.05, 0.1) is 29.0 Å². The van der Waals surface area contributed by atoms with Crippen LogP contribution in [-0.4, -0.2) is 62.5 Å². The number of imidazole rings is 1. The molecule has 1 unspecified atom stereocenters. The van der Waals surface area contributed by atoms with Crippen LogP contribution in [0, 0.1) is 0 Å². The molecule has 0 saturated carbocycles. The average Bonchev–Trinajstić information content (AvgIpc) is 3.01. The van der Waals surface area contributed by atoms with Crippen LogP contribution >= 0.6 is 22.8 Å². The van der Waals surface area contributed by atoms with E-state index in [9.17, 15) is 5.11 Å². The summed E-state index contributed by atoms with van der Waals surface area (Å²) in [7, 11) is 0. The molecule has 0 spiro atoms. The number of fused-ring (bicyclic) bond motifs is 1. The third kappa shape index (κ3) is 3.33. The van der Waals surface area contributed by atoms with Gasteiger partial charge in [0.1, 0.15) is 5.52 Å². The van der Waals surface area contributed by atoms with Crippen molar-refractivity contribution in [1.29, 1.82) is 0 Å². The summed E-state index contributed by atoms with van der Waals surface area (Å²) in [5.74, 6) is 0. The number of aliphatic hydroxyl groups excluding tert-OH is 1. The maximum atomic E-state index is 10.5. The Bertz CT molecular complexity index is 759.